The first-order valence-corrected chi connectivity index (χ1v) is 14.4. The van der Waals surface area contributed by atoms with E-state index in [2.05, 4.69) is 5.32 Å². The topological polar surface area (TPSA) is 86.8 Å². The summed E-state index contributed by atoms with van der Waals surface area (Å²) in [5.74, 6) is -0.706. The number of benzene rings is 3. The van der Waals surface area contributed by atoms with Crippen molar-refractivity contribution >= 4 is 27.5 Å². The van der Waals surface area contributed by atoms with Gasteiger partial charge in [-0.05, 0) is 56.0 Å². The van der Waals surface area contributed by atoms with Crippen LogP contribution in [0, 0.1) is 6.92 Å². The molecular weight excluding hydrogens is 498 g/mol. The van der Waals surface area contributed by atoms with Gasteiger partial charge in [0.05, 0.1) is 10.6 Å². The Morgan fingerprint density at radius 2 is 1.42 bits per heavy atom. The Labute approximate surface area is 226 Å². The van der Waals surface area contributed by atoms with E-state index in [0.717, 1.165) is 21.9 Å². The summed E-state index contributed by atoms with van der Waals surface area (Å²) < 4.78 is 28.8. The number of hydrogen-bond acceptors (Lipinski definition) is 4. The Morgan fingerprint density at radius 3 is 2.00 bits per heavy atom. The second-order valence-electron chi connectivity index (χ2n) is 9.36. The van der Waals surface area contributed by atoms with Crippen LogP contribution < -0.4 is 9.62 Å². The van der Waals surface area contributed by atoms with Crippen LogP contribution in [0.1, 0.15) is 44.7 Å². The highest BCUT2D eigenvalue weighted by Gasteiger charge is 2.34. The van der Waals surface area contributed by atoms with Gasteiger partial charge in [0.2, 0.25) is 11.8 Å². The highest BCUT2D eigenvalue weighted by atomic mass is 32.2. The molecule has 38 heavy (non-hydrogen) atoms. The monoisotopic (exact) mass is 535 g/mol. The van der Waals surface area contributed by atoms with Gasteiger partial charge in [0.15, 0.2) is 0 Å². The summed E-state index contributed by atoms with van der Waals surface area (Å²) >= 11 is 0. The summed E-state index contributed by atoms with van der Waals surface area (Å²) in [5.41, 5.74) is 1.99. The average Bonchev–Trinajstić information content (AvgIpc) is 2.92. The molecule has 0 saturated heterocycles. The van der Waals surface area contributed by atoms with Crippen molar-refractivity contribution in [3.63, 3.8) is 0 Å². The lowest BCUT2D eigenvalue weighted by Crippen LogP contribution is -2.53. The average molecular weight is 536 g/mol. The second kappa shape index (κ2) is 13.2. The molecule has 0 unspecified atom stereocenters. The molecule has 0 aliphatic carbocycles. The molecule has 7 nitrogen and oxygen atoms in total. The molecule has 0 bridgehead atoms. The first-order valence-electron chi connectivity index (χ1n) is 13.0. The van der Waals surface area contributed by atoms with Gasteiger partial charge >= 0.3 is 0 Å². The number of anilines is 1. The number of sulfonamides is 1. The molecule has 202 valence electrons. The largest absolute Gasteiger partial charge is 0.352 e. The van der Waals surface area contributed by atoms with Crippen LogP contribution >= 0.6 is 0 Å². The predicted molar refractivity (Wildman–Crippen MR) is 151 cm³/mol. The molecule has 0 saturated carbocycles. The number of hydrogen-bond donors (Lipinski definition) is 1. The minimum atomic E-state index is -4.07. The van der Waals surface area contributed by atoms with E-state index in [0.29, 0.717) is 12.1 Å². The van der Waals surface area contributed by atoms with Crippen LogP contribution in [0.2, 0.25) is 0 Å². The highest BCUT2D eigenvalue weighted by Crippen LogP contribution is 2.27. The Balaban J connectivity index is 2.04. The molecule has 0 spiro atoms. The van der Waals surface area contributed by atoms with Gasteiger partial charge < -0.3 is 10.2 Å². The number of amides is 2. The molecule has 8 heteroatoms. The van der Waals surface area contributed by atoms with Crippen LogP contribution in [-0.2, 0) is 26.2 Å². The first kappa shape index (κ1) is 28.9. The lowest BCUT2D eigenvalue weighted by molar-refractivity contribution is -0.140. The number of rotatable bonds is 12. The van der Waals surface area contributed by atoms with Gasteiger partial charge in [0.1, 0.15) is 12.6 Å². The van der Waals surface area contributed by atoms with Gasteiger partial charge in [-0.1, -0.05) is 80.6 Å². The number of para-hydroxylation sites is 1. The van der Waals surface area contributed by atoms with Crippen LogP contribution in [0.4, 0.5) is 5.69 Å². The summed E-state index contributed by atoms with van der Waals surface area (Å²) in [6.07, 6.45) is 1.14. The van der Waals surface area contributed by atoms with Crippen molar-refractivity contribution in [3.05, 3.63) is 96.1 Å². The number of aryl methyl sites for hydroxylation is 1. The summed E-state index contributed by atoms with van der Waals surface area (Å²) in [6.45, 7) is 7.30. The van der Waals surface area contributed by atoms with E-state index in [4.69, 9.17) is 0 Å². The third kappa shape index (κ3) is 7.01. The van der Waals surface area contributed by atoms with E-state index in [-0.39, 0.29) is 23.4 Å². The normalized spacial score (nSPS) is 12.8. The van der Waals surface area contributed by atoms with Crippen molar-refractivity contribution < 1.29 is 18.0 Å². The van der Waals surface area contributed by atoms with Gasteiger partial charge in [0.25, 0.3) is 10.0 Å². The summed E-state index contributed by atoms with van der Waals surface area (Å²) in [7, 11) is -4.07. The van der Waals surface area contributed by atoms with Crippen molar-refractivity contribution in [2.24, 2.45) is 0 Å². The maximum atomic E-state index is 14.0. The summed E-state index contributed by atoms with van der Waals surface area (Å²) in [5, 5.41) is 2.99. The van der Waals surface area contributed by atoms with Crippen LogP contribution in [0.5, 0.6) is 0 Å². The summed E-state index contributed by atoms with van der Waals surface area (Å²) in [4.78, 5) is 28.9. The van der Waals surface area contributed by atoms with E-state index >= 15 is 0 Å². The Hall–Kier alpha value is -3.65. The van der Waals surface area contributed by atoms with Crippen molar-refractivity contribution in [1.82, 2.24) is 10.2 Å². The van der Waals surface area contributed by atoms with Gasteiger partial charge in [-0.3, -0.25) is 13.9 Å². The van der Waals surface area contributed by atoms with Gasteiger partial charge in [-0.25, -0.2) is 8.42 Å². The zero-order valence-corrected chi connectivity index (χ0v) is 23.3. The fraction of sp³-hybridized carbons (Fsp3) is 0.333. The molecule has 0 aliphatic heterocycles. The Bertz CT molecular complexity index is 1310. The Morgan fingerprint density at radius 1 is 0.842 bits per heavy atom. The molecular formula is C30H37N3O4S. The van der Waals surface area contributed by atoms with Crippen molar-refractivity contribution in [3.8, 4) is 0 Å². The molecule has 2 atom stereocenters. The molecule has 0 aromatic heterocycles. The fourth-order valence-corrected chi connectivity index (χ4v) is 5.72. The van der Waals surface area contributed by atoms with Crippen LogP contribution in [0.25, 0.3) is 0 Å². The van der Waals surface area contributed by atoms with Gasteiger partial charge in [0, 0.05) is 12.6 Å². The number of nitrogens with zero attached hydrogens (tertiary/aromatic N) is 2. The maximum absolute atomic E-state index is 14.0. The third-order valence-electron chi connectivity index (χ3n) is 6.58. The lowest BCUT2D eigenvalue weighted by Gasteiger charge is -2.34. The minimum Gasteiger partial charge on any atom is -0.352 e. The van der Waals surface area contributed by atoms with Gasteiger partial charge in [-0.15, -0.1) is 0 Å². The van der Waals surface area contributed by atoms with Crippen molar-refractivity contribution in [2.75, 3.05) is 10.8 Å². The molecule has 3 aromatic carbocycles. The van der Waals surface area contributed by atoms with E-state index in [1.165, 1.54) is 17.0 Å². The molecule has 0 aliphatic rings. The number of carbonyl (C=O) groups excluding carboxylic acids is 2. The minimum absolute atomic E-state index is 0.0489. The molecule has 3 aromatic rings. The zero-order valence-electron chi connectivity index (χ0n) is 22.5. The predicted octanol–water partition coefficient (Wildman–Crippen LogP) is 4.91. The standard InChI is InChI=1S/C30H37N3O4S/c1-5-24(4)31-30(35)27(6-2)32(21-25-16-9-7-10-17-25)29(34)22-33(28-20-14-13-15-23(28)3)38(36,37)26-18-11-8-12-19-26/h7-20,24,27H,5-6,21-22H2,1-4H3,(H,31,35)/t24-,27-/m1/s1. The third-order valence-corrected chi connectivity index (χ3v) is 8.35. The smallest absolute Gasteiger partial charge is 0.264 e. The van der Waals surface area contributed by atoms with E-state index < -0.39 is 28.5 Å². The quantitative estimate of drug-likeness (QED) is 0.357. The number of nitrogens with one attached hydrogen (secondary N) is 1. The van der Waals surface area contributed by atoms with Crippen LogP contribution in [0.3, 0.4) is 0 Å². The maximum Gasteiger partial charge on any atom is 0.264 e. The van der Waals surface area contributed by atoms with Crippen LogP contribution in [0.15, 0.2) is 89.8 Å². The van der Waals surface area contributed by atoms with Crippen LogP contribution in [-0.4, -0.2) is 43.8 Å². The fourth-order valence-electron chi connectivity index (χ4n) is 4.22. The van der Waals surface area contributed by atoms with E-state index in [9.17, 15) is 18.0 Å². The second-order valence-corrected chi connectivity index (χ2v) is 11.2. The zero-order chi connectivity index (χ0) is 27.7. The molecule has 0 radical (unpaired) electrons. The Kier molecular flexibility index (Phi) is 10.1. The van der Waals surface area contributed by atoms with E-state index in [1.54, 1.807) is 30.3 Å². The molecule has 0 fully saturated rings. The molecule has 1 N–H and O–H groups in total. The molecule has 3 rings (SSSR count). The first-order chi connectivity index (χ1) is 18.2. The van der Waals surface area contributed by atoms with Crippen molar-refractivity contribution in [2.45, 2.75) is 64.1 Å². The lowest BCUT2D eigenvalue weighted by atomic mass is 10.1. The molecule has 2 amide bonds. The van der Waals surface area contributed by atoms with Crippen molar-refractivity contribution in [1.29, 1.82) is 0 Å². The molecule has 0 heterocycles. The SMILES string of the molecule is CC[C@@H](C)NC(=O)[C@@H](CC)N(Cc1ccccc1)C(=O)CN(c1ccccc1C)S(=O)(=O)c1ccccc1. The van der Waals surface area contributed by atoms with E-state index in [1.807, 2.05) is 70.2 Å². The highest BCUT2D eigenvalue weighted by molar-refractivity contribution is 7.92. The number of carbonyl (C=O) groups is 2. The summed E-state index contributed by atoms with van der Waals surface area (Å²) in [6, 6.07) is 23.7. The van der Waals surface area contributed by atoms with Gasteiger partial charge in [-0.2, -0.15) is 0 Å².